The average Bonchev–Trinajstić information content (AvgIpc) is 2.63. The number of nitrogens with one attached hydrogen (secondary N) is 1. The molecule has 1 N–H and O–H groups in total. The van der Waals surface area contributed by atoms with E-state index in [1.807, 2.05) is 22.6 Å². The van der Waals surface area contributed by atoms with Gasteiger partial charge in [0.05, 0.1) is 23.3 Å². The Hall–Kier alpha value is -0.540. The molecule has 0 fully saturated rings. The van der Waals surface area contributed by atoms with Gasteiger partial charge in [0.15, 0.2) is 0 Å². The molecule has 0 saturated carbocycles. The molecule has 32 heavy (non-hydrogen) atoms. The van der Waals surface area contributed by atoms with Crippen molar-refractivity contribution in [1.82, 2.24) is 5.32 Å². The molecule has 0 bridgehead atoms. The monoisotopic (exact) mass is 635 g/mol. The summed E-state index contributed by atoms with van der Waals surface area (Å²) in [6.45, 7) is 4.26. The van der Waals surface area contributed by atoms with Crippen LogP contribution in [0, 0.1) is 0 Å². The first kappa shape index (κ1) is 29.5. The van der Waals surface area contributed by atoms with Crippen LogP contribution < -0.4 is 5.32 Å². The van der Waals surface area contributed by atoms with Crippen molar-refractivity contribution in [3.63, 3.8) is 0 Å². The molecule has 0 aliphatic rings. The maximum Gasteiger partial charge on any atom is 0.523 e. The van der Waals surface area contributed by atoms with Gasteiger partial charge in [-0.2, -0.15) is 21.6 Å². The van der Waals surface area contributed by atoms with Crippen LogP contribution in [0.3, 0.4) is 0 Å². The standard InChI is InChI=1S/C18H23Cl2F3INO6S/c1-16(2,3)31-15(26)25-7-9-29-17(11-24,12-4-5-13(19)14(20)10-12)6-8-30-32(27,28)18(21,22)23/h4-5,10H,6-9,11H2,1-3H3,(H,25,26). The van der Waals surface area contributed by atoms with Crippen LogP contribution in [0.1, 0.15) is 32.8 Å². The molecule has 0 aromatic heterocycles. The van der Waals surface area contributed by atoms with Crippen molar-refractivity contribution < 1.29 is 40.0 Å². The van der Waals surface area contributed by atoms with Gasteiger partial charge in [-0.3, -0.25) is 4.18 Å². The van der Waals surface area contributed by atoms with Gasteiger partial charge in [0, 0.05) is 17.4 Å². The minimum atomic E-state index is -5.76. The molecule has 0 radical (unpaired) electrons. The predicted molar refractivity (Wildman–Crippen MR) is 123 cm³/mol. The van der Waals surface area contributed by atoms with Gasteiger partial charge in [-0.05, 0) is 38.5 Å². The molecule has 0 aliphatic carbocycles. The Morgan fingerprint density at radius 2 is 1.75 bits per heavy atom. The number of alkyl carbamates (subject to hydrolysis) is 1. The maximum absolute atomic E-state index is 12.6. The van der Waals surface area contributed by atoms with E-state index in [1.54, 1.807) is 26.8 Å². The molecule has 0 spiro atoms. The topological polar surface area (TPSA) is 90.9 Å². The normalized spacial score (nSPS) is 14.7. The third-order valence-corrected chi connectivity index (χ3v) is 6.85. The van der Waals surface area contributed by atoms with E-state index < -0.39 is 39.5 Å². The van der Waals surface area contributed by atoms with Crippen LogP contribution in [0.25, 0.3) is 0 Å². The highest BCUT2D eigenvalue weighted by Gasteiger charge is 2.47. The number of carbonyl (C=O) groups excluding carboxylic acids is 1. The van der Waals surface area contributed by atoms with Crippen molar-refractivity contribution in [3.05, 3.63) is 33.8 Å². The van der Waals surface area contributed by atoms with Crippen LogP contribution in [-0.2, 0) is 29.4 Å². The summed E-state index contributed by atoms with van der Waals surface area (Å²) in [4.78, 5) is 11.8. The number of amides is 1. The largest absolute Gasteiger partial charge is 0.523 e. The van der Waals surface area contributed by atoms with Gasteiger partial charge in [-0.15, -0.1) is 0 Å². The van der Waals surface area contributed by atoms with Crippen LogP contribution in [0.4, 0.5) is 18.0 Å². The fraction of sp³-hybridized carbons (Fsp3) is 0.611. The van der Waals surface area contributed by atoms with E-state index in [-0.39, 0.29) is 34.0 Å². The summed E-state index contributed by atoms with van der Waals surface area (Å²) < 4.78 is 75.5. The number of alkyl halides is 4. The highest BCUT2D eigenvalue weighted by molar-refractivity contribution is 14.1. The summed E-state index contributed by atoms with van der Waals surface area (Å²) >= 11 is 14.0. The SMILES string of the molecule is CC(C)(C)OC(=O)NCCOC(CI)(CCOS(=O)(=O)C(F)(F)F)c1ccc(Cl)c(Cl)c1. The Morgan fingerprint density at radius 1 is 1.12 bits per heavy atom. The van der Waals surface area contributed by atoms with Crippen molar-refractivity contribution in [1.29, 1.82) is 0 Å². The van der Waals surface area contributed by atoms with Gasteiger partial charge in [-0.25, -0.2) is 4.79 Å². The van der Waals surface area contributed by atoms with Crippen molar-refractivity contribution in [2.75, 3.05) is 24.2 Å². The highest BCUT2D eigenvalue weighted by atomic mass is 127. The van der Waals surface area contributed by atoms with Gasteiger partial charge in [0.1, 0.15) is 11.2 Å². The minimum absolute atomic E-state index is 0.0241. The van der Waals surface area contributed by atoms with Crippen LogP contribution in [0.5, 0.6) is 0 Å². The Morgan fingerprint density at radius 3 is 2.25 bits per heavy atom. The lowest BCUT2D eigenvalue weighted by Crippen LogP contribution is -2.39. The molecule has 14 heteroatoms. The van der Waals surface area contributed by atoms with Gasteiger partial charge in [0.25, 0.3) is 0 Å². The quantitative estimate of drug-likeness (QED) is 0.121. The number of ether oxygens (including phenoxy) is 2. The predicted octanol–water partition coefficient (Wildman–Crippen LogP) is 5.42. The lowest BCUT2D eigenvalue weighted by Gasteiger charge is -2.33. The van der Waals surface area contributed by atoms with Crippen molar-refractivity contribution >= 4 is 62.0 Å². The summed E-state index contributed by atoms with van der Waals surface area (Å²) in [5.41, 5.74) is -7.06. The van der Waals surface area contributed by atoms with Crippen LogP contribution in [0.15, 0.2) is 18.2 Å². The third kappa shape index (κ3) is 9.01. The van der Waals surface area contributed by atoms with Crippen molar-refractivity contribution in [2.24, 2.45) is 0 Å². The Kier molecular flexibility index (Phi) is 10.8. The molecule has 1 aromatic rings. The highest BCUT2D eigenvalue weighted by Crippen LogP contribution is 2.36. The van der Waals surface area contributed by atoms with Crippen LogP contribution in [0.2, 0.25) is 10.0 Å². The van der Waals surface area contributed by atoms with Gasteiger partial charge >= 0.3 is 21.7 Å². The first-order chi connectivity index (χ1) is 14.5. The maximum atomic E-state index is 12.6. The molecule has 1 rings (SSSR count). The summed E-state index contributed by atoms with van der Waals surface area (Å²) in [6, 6.07) is 4.52. The summed E-state index contributed by atoms with van der Waals surface area (Å²) in [6.07, 6.45) is -0.925. The molecular formula is C18H23Cl2F3INO6S. The summed E-state index contributed by atoms with van der Waals surface area (Å²) in [5.74, 6) is 0. The number of carbonyl (C=O) groups is 1. The smallest absolute Gasteiger partial charge is 0.444 e. The third-order valence-electron chi connectivity index (χ3n) is 3.84. The van der Waals surface area contributed by atoms with E-state index in [0.717, 1.165) is 0 Å². The molecule has 0 saturated heterocycles. The Labute approximate surface area is 208 Å². The molecule has 184 valence electrons. The van der Waals surface area contributed by atoms with E-state index in [0.29, 0.717) is 5.56 Å². The van der Waals surface area contributed by atoms with Crippen molar-refractivity contribution in [2.45, 2.75) is 43.9 Å². The molecule has 7 nitrogen and oxygen atoms in total. The number of hydrogen-bond acceptors (Lipinski definition) is 6. The van der Waals surface area contributed by atoms with E-state index in [2.05, 4.69) is 9.50 Å². The van der Waals surface area contributed by atoms with Crippen LogP contribution in [-0.4, -0.2) is 49.8 Å². The Bertz CT molecular complexity index is 896. The average molecular weight is 636 g/mol. The number of hydrogen-bond donors (Lipinski definition) is 1. The minimum Gasteiger partial charge on any atom is -0.444 e. The van der Waals surface area contributed by atoms with Gasteiger partial charge in [0.2, 0.25) is 0 Å². The molecule has 1 amide bonds. The van der Waals surface area contributed by atoms with Gasteiger partial charge < -0.3 is 14.8 Å². The number of benzene rings is 1. The number of halogens is 6. The van der Waals surface area contributed by atoms with E-state index >= 15 is 0 Å². The van der Waals surface area contributed by atoms with E-state index in [9.17, 15) is 26.4 Å². The van der Waals surface area contributed by atoms with E-state index in [4.69, 9.17) is 32.7 Å². The number of rotatable bonds is 10. The molecule has 1 atom stereocenters. The fourth-order valence-corrected chi connectivity index (χ4v) is 4.14. The fourth-order valence-electron chi connectivity index (χ4n) is 2.36. The summed E-state index contributed by atoms with van der Waals surface area (Å²) in [5, 5.41) is 2.93. The molecule has 0 aliphatic heterocycles. The second-order valence-corrected chi connectivity index (χ2v) is 10.7. The molecule has 0 heterocycles. The first-order valence-electron chi connectivity index (χ1n) is 9.11. The second kappa shape index (κ2) is 11.7. The van der Waals surface area contributed by atoms with Crippen molar-refractivity contribution in [3.8, 4) is 0 Å². The zero-order valence-electron chi connectivity index (χ0n) is 17.4. The lowest BCUT2D eigenvalue weighted by atomic mass is 9.92. The molecule has 1 unspecified atom stereocenters. The molecule has 1 aromatic carbocycles. The van der Waals surface area contributed by atoms with E-state index in [1.165, 1.54) is 12.1 Å². The molecular weight excluding hydrogens is 613 g/mol. The first-order valence-corrected chi connectivity index (χ1v) is 12.8. The Balaban J connectivity index is 2.97. The zero-order valence-corrected chi connectivity index (χ0v) is 21.9. The van der Waals surface area contributed by atoms with Crippen LogP contribution >= 0.6 is 45.8 Å². The van der Waals surface area contributed by atoms with Gasteiger partial charge in [-0.1, -0.05) is 51.9 Å². The summed E-state index contributed by atoms with van der Waals surface area (Å²) in [7, 11) is -5.76. The lowest BCUT2D eigenvalue weighted by molar-refractivity contribution is -0.0614. The second-order valence-electron chi connectivity index (χ2n) is 7.51. The zero-order chi connectivity index (χ0) is 24.8.